The fraction of sp³-hybridized carbons (Fsp3) is 0.188. The van der Waals surface area contributed by atoms with E-state index < -0.39 is 42.4 Å². The van der Waals surface area contributed by atoms with E-state index in [1.54, 1.807) is 30.5 Å². The van der Waals surface area contributed by atoms with Crippen LogP contribution >= 0.6 is 0 Å². The van der Waals surface area contributed by atoms with Crippen LogP contribution in [-0.2, 0) is 17.9 Å². The molecule has 1 atom stereocenters. The molecule has 0 spiro atoms. The summed E-state index contributed by atoms with van der Waals surface area (Å²) in [5.74, 6) is -1.62. The molecule has 2 aromatic rings. The standard InChI is InChI=1S/C11H11N2O4S.C5H5NO2.In/c12-11(10(14)15,18(16)17)5-7-6-13-9-4-2-1-3-8(7)9;1-3-5(4-2)6(7)8;/h1-4,6,13H,5,12H2,(H,14,15);1,3-4H,2H2;/t11-;;/m1../s1. The molecule has 0 bridgehead atoms. The van der Waals surface area contributed by atoms with Gasteiger partial charge in [-0.05, 0) is 0 Å². The third-order valence-electron chi connectivity index (χ3n) is 4.65. The molecule has 0 radical (unpaired) electrons. The molecule has 0 saturated carbocycles. The minimum atomic E-state index is -4.20. The number of nitrogens with zero attached hydrogens (tertiary/aromatic N) is 1. The summed E-state index contributed by atoms with van der Waals surface area (Å²) in [5.41, 5.74) is 7.04. The maximum atomic E-state index is 13.1. The van der Waals surface area contributed by atoms with Crippen molar-refractivity contribution in [2.45, 2.75) is 15.5 Å². The molecule has 1 aliphatic rings. The molecule has 11 heteroatoms. The zero-order valence-corrected chi connectivity index (χ0v) is 18.1. The number of allylic oxidation sites excluding steroid dienone is 2. The average molecular weight is 493 g/mol. The van der Waals surface area contributed by atoms with Crippen molar-refractivity contribution in [3.05, 3.63) is 67.8 Å². The van der Waals surface area contributed by atoms with E-state index in [0.29, 0.717) is 10.9 Å². The number of hydrogen-bond acceptors (Lipinski definition) is 6. The molecular formula is C16H16InN3O6S. The number of fused-ring (bicyclic) bond motifs is 1. The first-order valence-electron chi connectivity index (χ1n) is 8.00. The number of H-pyrrole nitrogens is 1. The van der Waals surface area contributed by atoms with Crippen molar-refractivity contribution in [3.8, 4) is 0 Å². The van der Waals surface area contributed by atoms with Gasteiger partial charge in [0, 0.05) is 0 Å². The topological polar surface area (TPSA) is 156 Å². The zero-order valence-electron chi connectivity index (χ0n) is 14.0. The third-order valence-corrected chi connectivity index (χ3v) is 23.3. The summed E-state index contributed by atoms with van der Waals surface area (Å²) in [4.78, 5) is 22.6. The Balaban J connectivity index is 1.98. The molecule has 1 aromatic carbocycles. The van der Waals surface area contributed by atoms with E-state index in [4.69, 9.17) is 5.73 Å². The van der Waals surface area contributed by atoms with Crippen molar-refractivity contribution < 1.29 is 23.2 Å². The van der Waals surface area contributed by atoms with E-state index in [1.807, 2.05) is 0 Å². The molecule has 1 aliphatic heterocycles. The monoisotopic (exact) mass is 493 g/mol. The molecule has 9 nitrogen and oxygen atoms in total. The summed E-state index contributed by atoms with van der Waals surface area (Å²) in [6, 6.07) is 7.11. The second kappa shape index (κ2) is 7.13. The van der Waals surface area contributed by atoms with Gasteiger partial charge in [-0.15, -0.1) is 0 Å². The molecule has 3 rings (SSSR count). The normalized spacial score (nSPS) is 16.8. The van der Waals surface area contributed by atoms with Crippen LogP contribution in [0.15, 0.2) is 52.1 Å². The first-order chi connectivity index (χ1) is 12.7. The summed E-state index contributed by atoms with van der Waals surface area (Å²) in [6.45, 7) is -4.20. The quantitative estimate of drug-likeness (QED) is 0.402. The maximum absolute atomic E-state index is 13.1. The molecule has 0 amide bonds. The van der Waals surface area contributed by atoms with Crippen molar-refractivity contribution in [1.29, 1.82) is 0 Å². The Labute approximate surface area is 160 Å². The molecule has 1 aromatic heterocycles. The number of nitrogens with one attached hydrogen (secondary N) is 1. The Morgan fingerprint density at radius 1 is 1.41 bits per heavy atom. The molecular weight excluding hydrogens is 477 g/mol. The number of para-hydroxylation sites is 1. The number of aromatic nitrogens is 1. The molecule has 140 valence electrons. The van der Waals surface area contributed by atoms with E-state index in [-0.39, 0.29) is 16.3 Å². The Bertz CT molecular complexity index is 1090. The van der Waals surface area contributed by atoms with Gasteiger partial charge in [-0.3, -0.25) is 0 Å². The number of benzene rings is 1. The van der Waals surface area contributed by atoms with E-state index >= 15 is 0 Å². The number of nitro groups is 1. The van der Waals surface area contributed by atoms with Gasteiger partial charge in [-0.1, -0.05) is 0 Å². The predicted octanol–water partition coefficient (Wildman–Crippen LogP) is 1.13. The van der Waals surface area contributed by atoms with Gasteiger partial charge in [0.1, 0.15) is 0 Å². The second-order valence-electron chi connectivity index (χ2n) is 6.30. The van der Waals surface area contributed by atoms with Gasteiger partial charge in [0.2, 0.25) is 0 Å². The number of rotatable bonds is 6. The van der Waals surface area contributed by atoms with Crippen LogP contribution in [0.4, 0.5) is 0 Å². The van der Waals surface area contributed by atoms with Gasteiger partial charge in [-0.25, -0.2) is 0 Å². The summed E-state index contributed by atoms with van der Waals surface area (Å²) < 4.78 is 27.6. The zero-order chi connectivity index (χ0) is 19.8. The summed E-state index contributed by atoms with van der Waals surface area (Å²) in [5, 5.41) is 21.2. The van der Waals surface area contributed by atoms with Gasteiger partial charge < -0.3 is 0 Å². The SMILES string of the molecule is N[C@@](Cc1c[nH]c2ccccc12)(C(=O)O)[S](=O)(=O)[In]1[CH]=CC([N+](=O)[O-])=C[CH2]1. The fourth-order valence-corrected chi connectivity index (χ4v) is 19.0. The van der Waals surface area contributed by atoms with E-state index in [1.165, 1.54) is 9.91 Å². The molecule has 0 saturated heterocycles. The average Bonchev–Trinajstić information content (AvgIpc) is 3.04. The van der Waals surface area contributed by atoms with Gasteiger partial charge in [-0.2, -0.15) is 0 Å². The number of hydrogen-bond donors (Lipinski definition) is 3. The number of carbonyl (C=O) groups is 1. The van der Waals surface area contributed by atoms with Crippen molar-refractivity contribution in [2.75, 3.05) is 0 Å². The molecule has 2 heterocycles. The minimum absolute atomic E-state index is 0.00303. The van der Waals surface area contributed by atoms with Gasteiger partial charge in [0.25, 0.3) is 0 Å². The number of aromatic amines is 1. The van der Waals surface area contributed by atoms with E-state index in [2.05, 4.69) is 4.98 Å². The molecule has 0 aliphatic carbocycles. The van der Waals surface area contributed by atoms with Crippen molar-refractivity contribution in [1.82, 2.24) is 4.98 Å². The number of carboxylic acids is 1. The summed E-state index contributed by atoms with van der Waals surface area (Å²) >= 11 is -3.72. The number of nitrogens with two attached hydrogens (primary N) is 1. The van der Waals surface area contributed by atoms with Gasteiger partial charge >= 0.3 is 161 Å². The van der Waals surface area contributed by atoms with Crippen LogP contribution in [-0.4, -0.2) is 54.3 Å². The molecule has 0 fully saturated rings. The molecule has 27 heavy (non-hydrogen) atoms. The van der Waals surface area contributed by atoms with Crippen molar-refractivity contribution >= 4 is 43.5 Å². The predicted molar refractivity (Wildman–Crippen MR) is 100 cm³/mol. The third kappa shape index (κ3) is 3.42. The van der Waals surface area contributed by atoms with E-state index in [0.717, 1.165) is 11.6 Å². The van der Waals surface area contributed by atoms with E-state index in [9.17, 15) is 28.4 Å². The Morgan fingerprint density at radius 3 is 2.70 bits per heavy atom. The molecule has 4 N–H and O–H groups in total. The van der Waals surface area contributed by atoms with Crippen LogP contribution in [0.2, 0.25) is 4.18 Å². The number of aliphatic carboxylic acids is 1. The van der Waals surface area contributed by atoms with Gasteiger partial charge in [0.15, 0.2) is 0 Å². The van der Waals surface area contributed by atoms with Crippen LogP contribution in [0.25, 0.3) is 10.9 Å². The Morgan fingerprint density at radius 2 is 2.11 bits per heavy atom. The first-order valence-corrected chi connectivity index (χ1v) is 17.8. The van der Waals surface area contributed by atoms with Crippen LogP contribution < -0.4 is 5.73 Å². The second-order valence-corrected chi connectivity index (χ2v) is 23.0. The van der Waals surface area contributed by atoms with Crippen LogP contribution in [0, 0.1) is 10.1 Å². The first kappa shape index (κ1) is 19.6. The number of carboxylic acid groups (broad SMARTS) is 1. The van der Waals surface area contributed by atoms with Crippen LogP contribution in [0.3, 0.4) is 0 Å². The Kier molecular flexibility index (Phi) is 5.19. The van der Waals surface area contributed by atoms with Gasteiger partial charge in [0.05, 0.1) is 0 Å². The van der Waals surface area contributed by atoms with Crippen LogP contribution in [0.1, 0.15) is 5.56 Å². The fourth-order valence-electron chi connectivity index (χ4n) is 3.08. The summed E-state index contributed by atoms with van der Waals surface area (Å²) in [6.07, 6.45) is 3.56. The summed E-state index contributed by atoms with van der Waals surface area (Å²) in [7, 11) is 0. The Hall–Kier alpha value is -2.11. The van der Waals surface area contributed by atoms with Crippen molar-refractivity contribution in [2.24, 2.45) is 5.73 Å². The molecule has 0 unspecified atom stereocenters. The van der Waals surface area contributed by atoms with Crippen molar-refractivity contribution in [3.63, 3.8) is 0 Å². The van der Waals surface area contributed by atoms with Crippen LogP contribution in [0.5, 0.6) is 0 Å².